The molecule has 1 saturated heterocycles. The number of benzene rings is 2. The molecule has 220 valence electrons. The highest BCUT2D eigenvalue weighted by Gasteiger charge is 2.49. The Labute approximate surface area is 228 Å². The molecule has 0 aliphatic carbocycles. The number of nitrogens with zero attached hydrogens (tertiary/aromatic N) is 3. The lowest BCUT2D eigenvalue weighted by Crippen LogP contribution is -2.48. The van der Waals surface area contributed by atoms with Crippen molar-refractivity contribution >= 4 is 15.9 Å². The lowest BCUT2D eigenvalue weighted by molar-refractivity contribution is -0.145. The fourth-order valence-corrected chi connectivity index (χ4v) is 6.22. The molecule has 0 bridgehead atoms. The minimum absolute atomic E-state index is 0.00907. The first-order chi connectivity index (χ1) is 19.0. The Kier molecular flexibility index (Phi) is 8.10. The minimum Gasteiger partial charge on any atom is -0.351 e. The standard InChI is InChI=1S/C25H20F8N4O3S/c1-13-20(27)9-21(37(13)41(39,40)18-5-3-17(26)4-6-18)22(38)34-10-15-8-14(2-7-19(15)24(28,29)30)16-11-35-23(36-12-16)25(31,32)33/h2-8,11-13,20-21H,9-10H2,1H3,(H,34,38)/t13-,20+,21-/m0/s1. The van der Waals surface area contributed by atoms with Crippen molar-refractivity contribution in [3.05, 3.63) is 77.6 Å². The van der Waals surface area contributed by atoms with Crippen molar-refractivity contribution in [3.63, 3.8) is 0 Å². The average Bonchev–Trinajstić information content (AvgIpc) is 3.21. The molecule has 1 aromatic heterocycles. The third-order valence-electron chi connectivity index (χ3n) is 6.47. The van der Waals surface area contributed by atoms with Gasteiger partial charge in [0, 0.05) is 30.9 Å². The van der Waals surface area contributed by atoms with E-state index in [1.165, 1.54) is 6.92 Å². The predicted molar refractivity (Wildman–Crippen MR) is 128 cm³/mol. The zero-order chi connectivity index (χ0) is 30.3. The van der Waals surface area contributed by atoms with Crippen LogP contribution in [0.1, 0.15) is 30.3 Å². The van der Waals surface area contributed by atoms with Crippen LogP contribution in [0.5, 0.6) is 0 Å². The van der Waals surface area contributed by atoms with E-state index >= 15 is 0 Å². The van der Waals surface area contributed by atoms with E-state index in [0.717, 1.165) is 48.8 Å². The summed E-state index contributed by atoms with van der Waals surface area (Å²) in [5.74, 6) is -3.27. The Morgan fingerprint density at radius 1 is 0.976 bits per heavy atom. The van der Waals surface area contributed by atoms with Gasteiger partial charge < -0.3 is 5.32 Å². The Hall–Kier alpha value is -3.66. The summed E-state index contributed by atoms with van der Waals surface area (Å²) in [6.45, 7) is 0.436. The van der Waals surface area contributed by atoms with E-state index in [1.54, 1.807) is 0 Å². The lowest BCUT2D eigenvalue weighted by Gasteiger charge is -2.27. The predicted octanol–water partition coefficient (Wildman–Crippen LogP) is 5.13. The van der Waals surface area contributed by atoms with Crippen LogP contribution in [0, 0.1) is 5.82 Å². The summed E-state index contributed by atoms with van der Waals surface area (Å²) in [6, 6.07) is 3.28. The fraction of sp³-hybridized carbons (Fsp3) is 0.320. The summed E-state index contributed by atoms with van der Waals surface area (Å²) < 4.78 is 134. The van der Waals surface area contributed by atoms with Crippen molar-refractivity contribution in [2.75, 3.05) is 0 Å². The van der Waals surface area contributed by atoms with Crippen molar-refractivity contribution in [1.29, 1.82) is 0 Å². The van der Waals surface area contributed by atoms with Gasteiger partial charge in [-0.05, 0) is 54.4 Å². The molecule has 3 atom stereocenters. The smallest absolute Gasteiger partial charge is 0.351 e. The molecular formula is C25H20F8N4O3S. The topological polar surface area (TPSA) is 92.3 Å². The van der Waals surface area contributed by atoms with Gasteiger partial charge in [0.25, 0.3) is 0 Å². The molecule has 4 rings (SSSR count). The Bertz CT molecular complexity index is 1530. The fourth-order valence-electron chi connectivity index (χ4n) is 4.41. The van der Waals surface area contributed by atoms with Crippen LogP contribution in [-0.4, -0.2) is 46.9 Å². The van der Waals surface area contributed by atoms with E-state index in [9.17, 15) is 48.3 Å². The van der Waals surface area contributed by atoms with Gasteiger partial charge in [0.15, 0.2) is 0 Å². The van der Waals surface area contributed by atoms with Crippen LogP contribution in [0.3, 0.4) is 0 Å². The number of hydrogen-bond acceptors (Lipinski definition) is 5. The lowest BCUT2D eigenvalue weighted by atomic mass is 10.00. The van der Waals surface area contributed by atoms with Crippen molar-refractivity contribution in [2.45, 2.75) is 55.4 Å². The minimum atomic E-state index is -4.89. The van der Waals surface area contributed by atoms with Gasteiger partial charge in [0.1, 0.15) is 18.0 Å². The summed E-state index contributed by atoms with van der Waals surface area (Å²) in [4.78, 5) is 19.0. The number of amides is 1. The number of aromatic nitrogens is 2. The van der Waals surface area contributed by atoms with E-state index < -0.39 is 87.2 Å². The molecule has 3 aromatic rings. The molecule has 1 fully saturated rings. The number of sulfonamides is 1. The second kappa shape index (κ2) is 11.0. The molecule has 1 amide bonds. The van der Waals surface area contributed by atoms with Crippen LogP contribution in [0.4, 0.5) is 35.1 Å². The molecule has 1 N–H and O–H groups in total. The third-order valence-corrected chi connectivity index (χ3v) is 8.48. The van der Waals surface area contributed by atoms with Gasteiger partial charge in [-0.15, -0.1) is 0 Å². The maximum atomic E-state index is 14.6. The van der Waals surface area contributed by atoms with Gasteiger partial charge in [0.05, 0.1) is 16.5 Å². The molecule has 1 aliphatic rings. The van der Waals surface area contributed by atoms with E-state index in [0.29, 0.717) is 10.4 Å². The molecule has 2 aromatic carbocycles. The molecule has 0 spiro atoms. The van der Waals surface area contributed by atoms with Crippen molar-refractivity contribution in [2.24, 2.45) is 0 Å². The number of carbonyl (C=O) groups excluding carboxylic acids is 1. The molecule has 1 aliphatic heterocycles. The third kappa shape index (κ3) is 6.32. The SMILES string of the molecule is C[C@H]1[C@H](F)C[C@@H](C(=O)NCc2cc(-c3cnc(C(F)(F)F)nc3)ccc2C(F)(F)F)N1S(=O)(=O)c1ccc(F)cc1. The van der Waals surface area contributed by atoms with Gasteiger partial charge in [-0.25, -0.2) is 27.2 Å². The van der Waals surface area contributed by atoms with Crippen LogP contribution < -0.4 is 5.32 Å². The maximum absolute atomic E-state index is 14.6. The molecule has 0 saturated carbocycles. The summed E-state index contributed by atoms with van der Waals surface area (Å²) >= 11 is 0. The highest BCUT2D eigenvalue weighted by Crippen LogP contribution is 2.36. The van der Waals surface area contributed by atoms with Crippen molar-refractivity contribution in [3.8, 4) is 11.1 Å². The van der Waals surface area contributed by atoms with Gasteiger partial charge in [0.2, 0.25) is 21.8 Å². The van der Waals surface area contributed by atoms with Gasteiger partial charge >= 0.3 is 12.4 Å². The van der Waals surface area contributed by atoms with Crippen molar-refractivity contribution < 1.29 is 48.3 Å². The molecular weight excluding hydrogens is 588 g/mol. The van der Waals surface area contributed by atoms with Gasteiger partial charge in [-0.3, -0.25) is 4.79 Å². The first kappa shape index (κ1) is 30.3. The molecule has 7 nitrogen and oxygen atoms in total. The molecule has 0 unspecified atom stereocenters. The number of halogens is 8. The van der Waals surface area contributed by atoms with Crippen LogP contribution in [0.25, 0.3) is 11.1 Å². The summed E-state index contributed by atoms with van der Waals surface area (Å²) in [6.07, 6.45) is -10.5. The summed E-state index contributed by atoms with van der Waals surface area (Å²) in [5.41, 5.74) is -1.71. The normalized spacial score (nSPS) is 20.3. The summed E-state index contributed by atoms with van der Waals surface area (Å²) in [7, 11) is -4.51. The monoisotopic (exact) mass is 608 g/mol. The van der Waals surface area contributed by atoms with Crippen LogP contribution in [-0.2, 0) is 33.7 Å². The molecule has 2 heterocycles. The molecule has 0 radical (unpaired) electrons. The van der Waals surface area contributed by atoms with Crippen LogP contribution in [0.2, 0.25) is 0 Å². The highest BCUT2D eigenvalue weighted by molar-refractivity contribution is 7.89. The number of rotatable bonds is 6. The average molecular weight is 609 g/mol. The number of hydrogen-bond donors (Lipinski definition) is 1. The number of carbonyl (C=O) groups is 1. The number of nitrogens with one attached hydrogen (secondary N) is 1. The maximum Gasteiger partial charge on any atom is 0.451 e. The number of alkyl halides is 7. The second-order valence-corrected chi connectivity index (χ2v) is 11.0. The Morgan fingerprint density at radius 3 is 2.15 bits per heavy atom. The largest absolute Gasteiger partial charge is 0.451 e. The zero-order valence-corrected chi connectivity index (χ0v) is 21.7. The molecule has 41 heavy (non-hydrogen) atoms. The van der Waals surface area contributed by atoms with Gasteiger partial charge in [-0.1, -0.05) is 6.07 Å². The second-order valence-electron chi connectivity index (χ2n) is 9.18. The Balaban J connectivity index is 1.61. The zero-order valence-electron chi connectivity index (χ0n) is 20.8. The van der Waals surface area contributed by atoms with Gasteiger partial charge in [-0.2, -0.15) is 30.6 Å². The molecule has 16 heteroatoms. The van der Waals surface area contributed by atoms with Crippen molar-refractivity contribution in [1.82, 2.24) is 19.6 Å². The van der Waals surface area contributed by atoms with Crippen LogP contribution >= 0.6 is 0 Å². The van der Waals surface area contributed by atoms with E-state index in [2.05, 4.69) is 15.3 Å². The van der Waals surface area contributed by atoms with E-state index in [4.69, 9.17) is 0 Å². The van der Waals surface area contributed by atoms with E-state index in [1.807, 2.05) is 0 Å². The first-order valence-corrected chi connectivity index (χ1v) is 13.2. The van der Waals surface area contributed by atoms with Crippen LogP contribution in [0.15, 0.2) is 59.8 Å². The van der Waals surface area contributed by atoms with E-state index in [-0.39, 0.29) is 11.1 Å². The summed E-state index contributed by atoms with van der Waals surface area (Å²) in [5, 5.41) is 2.21. The quantitative estimate of drug-likeness (QED) is 0.392. The first-order valence-electron chi connectivity index (χ1n) is 11.8. The highest BCUT2D eigenvalue weighted by atomic mass is 32.2. The Morgan fingerprint density at radius 2 is 1.59 bits per heavy atom.